The van der Waals surface area contributed by atoms with Crippen LogP contribution in [0.5, 0.6) is 11.5 Å². The first-order valence-electron chi connectivity index (χ1n) is 5.36. The average molecular weight is 261 g/mol. The maximum Gasteiger partial charge on any atom is 0.356 e. The first-order valence-corrected chi connectivity index (χ1v) is 5.36. The molecule has 0 amide bonds. The molecule has 0 saturated carbocycles. The number of benzene rings is 1. The summed E-state index contributed by atoms with van der Waals surface area (Å²) in [5.41, 5.74) is 0.588. The second-order valence-electron chi connectivity index (χ2n) is 3.76. The number of hydrogen-bond donors (Lipinski definition) is 1. The number of carbonyl (C=O) groups is 2. The Balaban J connectivity index is 2.79. The van der Waals surface area contributed by atoms with Gasteiger partial charge >= 0.3 is 5.97 Å². The van der Waals surface area contributed by atoms with Crippen LogP contribution in [0, 0.1) is 0 Å². The molecule has 0 aliphatic rings. The molecule has 2 aromatic rings. The number of carbonyl (C=O) groups excluding carboxylic acids is 2. The standard InChI is InChI=1S/C13H11NO5/c1-18-11-4-7(6-15)3-8-10(16)5-9(13(17)19-2)14-12(8)11/h3-6H,1-2H3,(H,14,16). The number of hydrogen-bond acceptors (Lipinski definition) is 6. The number of ether oxygens (including phenoxy) is 2. The van der Waals surface area contributed by atoms with Gasteiger partial charge in [-0.1, -0.05) is 0 Å². The molecule has 0 aliphatic heterocycles. The zero-order valence-electron chi connectivity index (χ0n) is 10.3. The largest absolute Gasteiger partial charge is 0.507 e. The van der Waals surface area contributed by atoms with Crippen LogP contribution in [0.3, 0.4) is 0 Å². The van der Waals surface area contributed by atoms with Crippen LogP contribution in [-0.2, 0) is 4.74 Å². The Labute approximate surface area is 108 Å². The number of aromatic nitrogens is 1. The molecule has 0 radical (unpaired) electrons. The van der Waals surface area contributed by atoms with E-state index in [0.29, 0.717) is 23.0 Å². The highest BCUT2D eigenvalue weighted by atomic mass is 16.5. The summed E-state index contributed by atoms with van der Waals surface area (Å²) in [4.78, 5) is 26.3. The molecule has 1 heterocycles. The van der Waals surface area contributed by atoms with Gasteiger partial charge in [0, 0.05) is 17.0 Å². The summed E-state index contributed by atoms with van der Waals surface area (Å²) in [5.74, 6) is -0.549. The molecule has 1 aromatic carbocycles. The van der Waals surface area contributed by atoms with E-state index in [1.807, 2.05) is 0 Å². The van der Waals surface area contributed by atoms with E-state index in [1.54, 1.807) is 0 Å². The molecular weight excluding hydrogens is 250 g/mol. The van der Waals surface area contributed by atoms with Gasteiger partial charge in [0.15, 0.2) is 5.69 Å². The van der Waals surface area contributed by atoms with Gasteiger partial charge in [0.2, 0.25) is 0 Å². The minimum atomic E-state index is -0.668. The molecule has 0 bridgehead atoms. The fraction of sp³-hybridized carbons (Fsp3) is 0.154. The van der Waals surface area contributed by atoms with E-state index in [9.17, 15) is 14.7 Å². The molecule has 6 heteroatoms. The van der Waals surface area contributed by atoms with Gasteiger partial charge in [-0.3, -0.25) is 4.79 Å². The number of aromatic hydroxyl groups is 1. The Hall–Kier alpha value is -2.63. The number of nitrogens with zero attached hydrogens (tertiary/aromatic N) is 1. The molecule has 98 valence electrons. The Morgan fingerprint density at radius 2 is 2.05 bits per heavy atom. The second-order valence-corrected chi connectivity index (χ2v) is 3.76. The van der Waals surface area contributed by atoms with Crippen LogP contribution < -0.4 is 4.74 Å². The number of esters is 1. The summed E-state index contributed by atoms with van der Waals surface area (Å²) in [5, 5.41) is 10.2. The highest BCUT2D eigenvalue weighted by molar-refractivity contribution is 5.98. The van der Waals surface area contributed by atoms with Crippen LogP contribution in [-0.4, -0.2) is 36.6 Å². The van der Waals surface area contributed by atoms with Crippen molar-refractivity contribution in [3.8, 4) is 11.5 Å². The molecule has 1 aromatic heterocycles. The summed E-state index contributed by atoms with van der Waals surface area (Å²) in [6.07, 6.45) is 0.635. The molecule has 2 rings (SSSR count). The van der Waals surface area contributed by atoms with E-state index in [2.05, 4.69) is 9.72 Å². The van der Waals surface area contributed by atoms with Gasteiger partial charge < -0.3 is 14.6 Å². The van der Waals surface area contributed by atoms with Crippen molar-refractivity contribution < 1.29 is 24.2 Å². The zero-order valence-corrected chi connectivity index (χ0v) is 10.3. The fourth-order valence-electron chi connectivity index (χ4n) is 1.73. The lowest BCUT2D eigenvalue weighted by Gasteiger charge is -2.09. The lowest BCUT2D eigenvalue weighted by Crippen LogP contribution is -2.05. The lowest BCUT2D eigenvalue weighted by atomic mass is 10.1. The molecule has 0 saturated heterocycles. The zero-order chi connectivity index (χ0) is 14.0. The van der Waals surface area contributed by atoms with E-state index in [0.717, 1.165) is 0 Å². The van der Waals surface area contributed by atoms with Crippen LogP contribution in [0.4, 0.5) is 0 Å². The Morgan fingerprint density at radius 3 is 2.63 bits per heavy atom. The van der Waals surface area contributed by atoms with Gasteiger partial charge in [-0.2, -0.15) is 0 Å². The predicted molar refractivity (Wildman–Crippen MR) is 66.7 cm³/mol. The van der Waals surface area contributed by atoms with Crippen molar-refractivity contribution in [1.29, 1.82) is 0 Å². The van der Waals surface area contributed by atoms with Crippen LogP contribution >= 0.6 is 0 Å². The molecule has 19 heavy (non-hydrogen) atoms. The van der Waals surface area contributed by atoms with Crippen molar-refractivity contribution in [3.05, 3.63) is 29.5 Å². The van der Waals surface area contributed by atoms with Crippen molar-refractivity contribution in [2.45, 2.75) is 0 Å². The van der Waals surface area contributed by atoms with Gasteiger partial charge in [-0.15, -0.1) is 0 Å². The Morgan fingerprint density at radius 1 is 1.32 bits per heavy atom. The lowest BCUT2D eigenvalue weighted by molar-refractivity contribution is 0.0594. The van der Waals surface area contributed by atoms with Crippen molar-refractivity contribution in [2.75, 3.05) is 14.2 Å². The molecule has 6 nitrogen and oxygen atoms in total. The van der Waals surface area contributed by atoms with Crippen LogP contribution in [0.25, 0.3) is 10.9 Å². The van der Waals surface area contributed by atoms with Crippen molar-refractivity contribution in [3.63, 3.8) is 0 Å². The van der Waals surface area contributed by atoms with E-state index < -0.39 is 5.97 Å². The molecule has 1 N–H and O–H groups in total. The molecule has 0 fully saturated rings. The topological polar surface area (TPSA) is 85.7 Å². The first-order chi connectivity index (χ1) is 9.10. The molecule has 0 spiro atoms. The quantitative estimate of drug-likeness (QED) is 0.666. The van der Waals surface area contributed by atoms with Crippen LogP contribution in [0.1, 0.15) is 20.8 Å². The highest BCUT2D eigenvalue weighted by Crippen LogP contribution is 2.32. The normalized spacial score (nSPS) is 10.2. The maximum absolute atomic E-state index is 11.4. The Kier molecular flexibility index (Phi) is 3.33. The first kappa shape index (κ1) is 12.8. The van der Waals surface area contributed by atoms with E-state index in [1.165, 1.54) is 32.4 Å². The smallest absolute Gasteiger partial charge is 0.356 e. The van der Waals surface area contributed by atoms with E-state index in [4.69, 9.17) is 4.74 Å². The van der Waals surface area contributed by atoms with Crippen LogP contribution in [0.15, 0.2) is 18.2 Å². The van der Waals surface area contributed by atoms with Crippen molar-refractivity contribution >= 4 is 23.2 Å². The third-order valence-corrected chi connectivity index (χ3v) is 2.63. The van der Waals surface area contributed by atoms with Gasteiger partial charge in [0.1, 0.15) is 23.3 Å². The predicted octanol–water partition coefficient (Wildman–Crippen LogP) is 1.55. The SMILES string of the molecule is COC(=O)c1cc(O)c2cc(C=O)cc(OC)c2n1. The summed E-state index contributed by atoms with van der Waals surface area (Å²) in [6, 6.07) is 4.12. The number of methoxy groups -OCH3 is 2. The molecule has 0 atom stereocenters. The second kappa shape index (κ2) is 4.93. The van der Waals surface area contributed by atoms with E-state index in [-0.39, 0.29) is 17.0 Å². The van der Waals surface area contributed by atoms with E-state index >= 15 is 0 Å². The van der Waals surface area contributed by atoms with Gasteiger partial charge in [0.25, 0.3) is 0 Å². The summed E-state index contributed by atoms with van der Waals surface area (Å²) in [7, 11) is 2.63. The third kappa shape index (κ3) is 2.20. The number of pyridine rings is 1. The van der Waals surface area contributed by atoms with Gasteiger partial charge in [-0.25, -0.2) is 9.78 Å². The average Bonchev–Trinajstić information content (AvgIpc) is 2.45. The number of aldehydes is 1. The minimum Gasteiger partial charge on any atom is -0.507 e. The Bertz CT molecular complexity index is 666. The number of fused-ring (bicyclic) bond motifs is 1. The van der Waals surface area contributed by atoms with Crippen molar-refractivity contribution in [1.82, 2.24) is 4.98 Å². The summed E-state index contributed by atoms with van der Waals surface area (Å²) in [6.45, 7) is 0. The van der Waals surface area contributed by atoms with Crippen molar-refractivity contribution in [2.24, 2.45) is 0 Å². The highest BCUT2D eigenvalue weighted by Gasteiger charge is 2.15. The molecular formula is C13H11NO5. The maximum atomic E-state index is 11.4. The monoisotopic (exact) mass is 261 g/mol. The molecule has 0 aliphatic carbocycles. The minimum absolute atomic E-state index is 0.0374. The number of rotatable bonds is 3. The molecule has 0 unspecified atom stereocenters. The summed E-state index contributed by atoms with van der Waals surface area (Å²) < 4.78 is 9.66. The van der Waals surface area contributed by atoms with Gasteiger partial charge in [0.05, 0.1) is 14.2 Å². The fourth-order valence-corrected chi connectivity index (χ4v) is 1.73. The summed E-state index contributed by atoms with van der Waals surface area (Å²) >= 11 is 0. The van der Waals surface area contributed by atoms with Gasteiger partial charge in [-0.05, 0) is 12.1 Å². The third-order valence-electron chi connectivity index (χ3n) is 2.63. The van der Waals surface area contributed by atoms with Crippen LogP contribution in [0.2, 0.25) is 0 Å².